The monoisotopic (exact) mass is 234 g/mol. The molecule has 0 fully saturated rings. The molecule has 0 aliphatic carbocycles. The van der Waals surface area contributed by atoms with E-state index in [0.29, 0.717) is 12.6 Å². The lowest BCUT2D eigenvalue weighted by molar-refractivity contribution is 0.158. The number of methoxy groups -OCH3 is 1. The lowest BCUT2D eigenvalue weighted by Gasteiger charge is -2.23. The summed E-state index contributed by atoms with van der Waals surface area (Å²) in [7, 11) is 1.68. The van der Waals surface area contributed by atoms with E-state index < -0.39 is 0 Å². The molecule has 5 nitrogen and oxygen atoms in total. The van der Waals surface area contributed by atoms with Gasteiger partial charge in [-0.1, -0.05) is 0 Å². The Hall–Kier alpha value is -1.62. The van der Waals surface area contributed by atoms with Crippen molar-refractivity contribution in [3.63, 3.8) is 0 Å². The minimum absolute atomic E-state index is 0.186. The second-order valence-corrected chi connectivity index (χ2v) is 4.88. The molecule has 0 unspecified atom stereocenters. The van der Waals surface area contributed by atoms with Crippen LogP contribution in [0.3, 0.4) is 0 Å². The number of aryl methyl sites for hydroxylation is 1. The van der Waals surface area contributed by atoms with Gasteiger partial charge >= 0.3 is 0 Å². The van der Waals surface area contributed by atoms with Crippen molar-refractivity contribution in [2.45, 2.75) is 26.3 Å². The topological polar surface area (TPSA) is 51.5 Å². The highest BCUT2D eigenvalue weighted by Gasteiger charge is 2.19. The maximum absolute atomic E-state index is 5.15. The van der Waals surface area contributed by atoms with Gasteiger partial charge < -0.3 is 10.1 Å². The summed E-state index contributed by atoms with van der Waals surface area (Å²) in [5.41, 5.74) is 1.84. The number of aromatic nitrogens is 3. The third-order valence-corrected chi connectivity index (χ3v) is 2.45. The third-order valence-electron chi connectivity index (χ3n) is 2.45. The van der Waals surface area contributed by atoms with Crippen LogP contribution in [0, 0.1) is 6.92 Å². The first-order chi connectivity index (χ1) is 8.00. The van der Waals surface area contributed by atoms with Gasteiger partial charge in [0.05, 0.1) is 12.1 Å². The number of nitrogens with one attached hydrogen (secondary N) is 1. The molecule has 17 heavy (non-hydrogen) atoms. The molecule has 1 N–H and O–H groups in total. The number of rotatable bonds is 4. The lowest BCUT2D eigenvalue weighted by atomic mass is 10.1. The predicted octanol–water partition coefficient (Wildman–Crippen LogP) is 1.87. The molecule has 0 amide bonds. The van der Waals surface area contributed by atoms with E-state index >= 15 is 0 Å². The van der Waals surface area contributed by atoms with Crippen LogP contribution in [-0.2, 0) is 4.74 Å². The molecule has 2 rings (SSSR count). The second-order valence-electron chi connectivity index (χ2n) is 4.88. The highest BCUT2D eigenvalue weighted by atomic mass is 16.5. The zero-order chi connectivity index (χ0) is 12.5. The molecule has 0 saturated carbocycles. The Morgan fingerprint density at radius 3 is 2.94 bits per heavy atom. The summed E-state index contributed by atoms with van der Waals surface area (Å²) in [5, 5.41) is 7.62. The van der Waals surface area contributed by atoms with Gasteiger partial charge in [-0.15, -0.1) is 5.10 Å². The maximum atomic E-state index is 5.15. The molecule has 5 heteroatoms. The minimum Gasteiger partial charge on any atom is -0.382 e. The van der Waals surface area contributed by atoms with E-state index in [-0.39, 0.29) is 5.54 Å². The van der Waals surface area contributed by atoms with E-state index in [1.54, 1.807) is 11.6 Å². The van der Waals surface area contributed by atoms with Crippen LogP contribution in [0.15, 0.2) is 18.3 Å². The predicted molar refractivity (Wildman–Crippen MR) is 67.3 cm³/mol. The summed E-state index contributed by atoms with van der Waals surface area (Å²) in [6.45, 7) is 6.74. The van der Waals surface area contributed by atoms with Gasteiger partial charge in [0.25, 0.3) is 0 Å². The van der Waals surface area contributed by atoms with Crippen molar-refractivity contribution in [3.8, 4) is 0 Å². The van der Waals surface area contributed by atoms with Crippen molar-refractivity contribution >= 4 is 11.6 Å². The van der Waals surface area contributed by atoms with E-state index in [4.69, 9.17) is 4.74 Å². The highest BCUT2D eigenvalue weighted by Crippen LogP contribution is 2.13. The van der Waals surface area contributed by atoms with E-state index in [2.05, 4.69) is 15.4 Å². The summed E-state index contributed by atoms with van der Waals surface area (Å²) in [6, 6.07) is 4.01. The van der Waals surface area contributed by atoms with Crippen LogP contribution in [0.5, 0.6) is 0 Å². The molecule has 0 aliphatic rings. The summed E-state index contributed by atoms with van der Waals surface area (Å²) in [5.74, 6) is 0.623. The first kappa shape index (κ1) is 11.9. The molecule has 0 spiro atoms. The Bertz CT molecular complexity index is 518. The largest absolute Gasteiger partial charge is 0.382 e. The Labute approximate surface area is 101 Å². The average Bonchev–Trinajstić information content (AvgIpc) is 2.57. The first-order valence-electron chi connectivity index (χ1n) is 5.60. The van der Waals surface area contributed by atoms with Crippen LogP contribution < -0.4 is 5.32 Å². The molecule has 0 radical (unpaired) electrons. The van der Waals surface area contributed by atoms with Crippen molar-refractivity contribution in [2.24, 2.45) is 0 Å². The van der Waals surface area contributed by atoms with Crippen LogP contribution >= 0.6 is 0 Å². The summed E-state index contributed by atoms with van der Waals surface area (Å²) < 4.78 is 6.91. The van der Waals surface area contributed by atoms with Gasteiger partial charge in [0, 0.05) is 13.3 Å². The summed E-state index contributed by atoms with van der Waals surface area (Å²) in [6.07, 6.45) is 1.91. The second kappa shape index (κ2) is 4.33. The zero-order valence-corrected chi connectivity index (χ0v) is 10.7. The van der Waals surface area contributed by atoms with Gasteiger partial charge in [-0.25, -0.2) is 4.52 Å². The number of ether oxygens (including phenoxy) is 1. The molecule has 0 saturated heterocycles. The molecule has 2 aromatic rings. The standard InChI is InChI=1S/C12H18N4O/c1-9-5-6-16-10(7-9)13-11(15-16)14-12(2,3)8-17-4/h5-7H,8H2,1-4H3,(H,14,15). The van der Waals surface area contributed by atoms with Crippen LogP contribution in [0.2, 0.25) is 0 Å². The SMILES string of the molecule is COCC(C)(C)Nc1nc2cc(C)ccn2n1. The first-order valence-corrected chi connectivity index (χ1v) is 5.60. The van der Waals surface area contributed by atoms with Gasteiger partial charge in [-0.2, -0.15) is 4.98 Å². The molecule has 0 aliphatic heterocycles. The van der Waals surface area contributed by atoms with Gasteiger partial charge in [-0.05, 0) is 38.5 Å². The Morgan fingerprint density at radius 2 is 2.24 bits per heavy atom. The third kappa shape index (κ3) is 2.74. The average molecular weight is 234 g/mol. The van der Waals surface area contributed by atoms with Crippen molar-refractivity contribution in [2.75, 3.05) is 19.0 Å². The van der Waals surface area contributed by atoms with Gasteiger partial charge in [0.2, 0.25) is 5.95 Å². The van der Waals surface area contributed by atoms with Crippen molar-refractivity contribution in [3.05, 3.63) is 23.9 Å². The minimum atomic E-state index is -0.186. The van der Waals surface area contributed by atoms with Crippen molar-refractivity contribution < 1.29 is 4.74 Å². The Morgan fingerprint density at radius 1 is 1.47 bits per heavy atom. The maximum Gasteiger partial charge on any atom is 0.243 e. The lowest BCUT2D eigenvalue weighted by Crippen LogP contribution is -2.36. The molecule has 0 atom stereocenters. The molecular weight excluding hydrogens is 216 g/mol. The fourth-order valence-corrected chi connectivity index (χ4v) is 1.74. The van der Waals surface area contributed by atoms with Crippen LogP contribution in [0.1, 0.15) is 19.4 Å². The smallest absolute Gasteiger partial charge is 0.243 e. The Balaban J connectivity index is 2.25. The van der Waals surface area contributed by atoms with E-state index in [1.807, 2.05) is 39.1 Å². The molecule has 2 heterocycles. The number of fused-ring (bicyclic) bond motifs is 1. The summed E-state index contributed by atoms with van der Waals surface area (Å²) >= 11 is 0. The van der Waals surface area contributed by atoms with Gasteiger partial charge in [-0.3, -0.25) is 0 Å². The normalized spacial score (nSPS) is 12.0. The Kier molecular flexibility index (Phi) is 3.02. The van der Waals surface area contributed by atoms with E-state index in [9.17, 15) is 0 Å². The number of nitrogens with zero attached hydrogens (tertiary/aromatic N) is 3. The fourth-order valence-electron chi connectivity index (χ4n) is 1.74. The molecular formula is C12H18N4O. The quantitative estimate of drug-likeness (QED) is 0.877. The van der Waals surface area contributed by atoms with E-state index in [1.165, 1.54) is 5.56 Å². The molecule has 92 valence electrons. The molecule has 0 aromatic carbocycles. The number of hydrogen-bond acceptors (Lipinski definition) is 4. The van der Waals surface area contributed by atoms with Crippen molar-refractivity contribution in [1.29, 1.82) is 0 Å². The molecule has 2 aromatic heterocycles. The highest BCUT2D eigenvalue weighted by molar-refractivity contribution is 5.45. The number of pyridine rings is 1. The van der Waals surface area contributed by atoms with Crippen LogP contribution in [0.4, 0.5) is 5.95 Å². The molecule has 0 bridgehead atoms. The number of anilines is 1. The zero-order valence-electron chi connectivity index (χ0n) is 10.7. The fraction of sp³-hybridized carbons (Fsp3) is 0.500. The van der Waals surface area contributed by atoms with Crippen LogP contribution in [-0.4, -0.2) is 33.9 Å². The van der Waals surface area contributed by atoms with E-state index in [0.717, 1.165) is 5.65 Å². The number of hydrogen-bond donors (Lipinski definition) is 1. The van der Waals surface area contributed by atoms with Gasteiger partial charge in [0.15, 0.2) is 5.65 Å². The van der Waals surface area contributed by atoms with Crippen LogP contribution in [0.25, 0.3) is 5.65 Å². The van der Waals surface area contributed by atoms with Gasteiger partial charge in [0.1, 0.15) is 0 Å². The van der Waals surface area contributed by atoms with Crippen molar-refractivity contribution in [1.82, 2.24) is 14.6 Å². The summed E-state index contributed by atoms with van der Waals surface area (Å²) in [4.78, 5) is 4.43.